The van der Waals surface area contributed by atoms with Crippen molar-refractivity contribution >= 4 is 10.4 Å². The normalized spacial score (nSPS) is 12.7. The molecule has 6 heteroatoms. The SMILES string of the molecule is CCCCCC(C)CCCCCCCO.O=S(=O)([O-])[O-]. The highest BCUT2D eigenvalue weighted by Crippen LogP contribution is 2.17. The summed E-state index contributed by atoms with van der Waals surface area (Å²) in [4.78, 5) is 0. The monoisotopic (exact) mass is 310 g/mol. The molecule has 0 heterocycles. The Morgan fingerprint density at radius 3 is 1.75 bits per heavy atom. The molecule has 124 valence electrons. The standard InChI is InChI=1S/C14H30O.H2O4S/c1-3-4-8-11-14(2)12-9-6-5-7-10-13-15;1-5(2,3)4/h14-15H,3-13H2,1-2H3;(H2,1,2,3,4)/p-2. The van der Waals surface area contributed by atoms with Crippen molar-refractivity contribution in [3.8, 4) is 0 Å². The first-order valence-corrected chi connectivity index (χ1v) is 8.92. The fourth-order valence-electron chi connectivity index (χ4n) is 2.02. The van der Waals surface area contributed by atoms with Gasteiger partial charge in [0, 0.05) is 17.0 Å². The van der Waals surface area contributed by atoms with Crippen LogP contribution >= 0.6 is 0 Å². The van der Waals surface area contributed by atoms with Crippen molar-refractivity contribution in [2.45, 2.75) is 78.1 Å². The second-order valence-corrected chi connectivity index (χ2v) is 6.11. The number of hydrogen-bond acceptors (Lipinski definition) is 5. The Morgan fingerprint density at radius 1 is 0.900 bits per heavy atom. The summed E-state index contributed by atoms with van der Waals surface area (Å²) in [5, 5.41) is 8.63. The Kier molecular flexibility index (Phi) is 16.8. The summed E-state index contributed by atoms with van der Waals surface area (Å²) in [6, 6.07) is 0. The van der Waals surface area contributed by atoms with E-state index in [4.69, 9.17) is 22.6 Å². The second-order valence-electron chi connectivity index (χ2n) is 5.29. The second kappa shape index (κ2) is 15.2. The van der Waals surface area contributed by atoms with Gasteiger partial charge in [-0.15, -0.1) is 0 Å². The molecule has 0 aliphatic rings. The molecule has 1 unspecified atom stereocenters. The number of aliphatic hydroxyl groups excluding tert-OH is 1. The van der Waals surface area contributed by atoms with Gasteiger partial charge in [0.1, 0.15) is 0 Å². The van der Waals surface area contributed by atoms with Crippen LogP contribution in [0.5, 0.6) is 0 Å². The van der Waals surface area contributed by atoms with Crippen molar-refractivity contribution in [3.05, 3.63) is 0 Å². The molecule has 0 aromatic carbocycles. The van der Waals surface area contributed by atoms with E-state index < -0.39 is 10.4 Å². The van der Waals surface area contributed by atoms with E-state index in [0.717, 1.165) is 12.3 Å². The molecule has 0 aliphatic carbocycles. The van der Waals surface area contributed by atoms with E-state index in [9.17, 15) is 0 Å². The molecule has 20 heavy (non-hydrogen) atoms. The van der Waals surface area contributed by atoms with Crippen molar-refractivity contribution < 1.29 is 22.6 Å². The fourth-order valence-corrected chi connectivity index (χ4v) is 2.02. The third kappa shape index (κ3) is 30.7. The van der Waals surface area contributed by atoms with Crippen molar-refractivity contribution in [2.24, 2.45) is 5.92 Å². The molecule has 0 fully saturated rings. The van der Waals surface area contributed by atoms with Crippen LogP contribution in [0.3, 0.4) is 0 Å². The van der Waals surface area contributed by atoms with Gasteiger partial charge in [0.2, 0.25) is 0 Å². The molecule has 0 saturated heterocycles. The quantitative estimate of drug-likeness (QED) is 0.359. The van der Waals surface area contributed by atoms with Gasteiger partial charge in [-0.25, -0.2) is 0 Å². The van der Waals surface area contributed by atoms with Crippen LogP contribution in [0, 0.1) is 5.92 Å². The summed E-state index contributed by atoms with van der Waals surface area (Å²) in [5.74, 6) is 0.925. The minimum absolute atomic E-state index is 0.368. The minimum atomic E-state index is -5.17. The van der Waals surface area contributed by atoms with Crippen molar-refractivity contribution in [3.63, 3.8) is 0 Å². The molecule has 0 aliphatic heterocycles. The summed E-state index contributed by atoms with van der Waals surface area (Å²) < 4.78 is 34.1. The van der Waals surface area contributed by atoms with Gasteiger partial charge in [-0.3, -0.25) is 8.42 Å². The first-order chi connectivity index (χ1) is 9.31. The van der Waals surface area contributed by atoms with E-state index in [1.165, 1.54) is 57.8 Å². The maximum absolute atomic E-state index is 8.63. The molecule has 0 radical (unpaired) electrons. The highest BCUT2D eigenvalue weighted by molar-refractivity contribution is 7.79. The van der Waals surface area contributed by atoms with E-state index in [0.29, 0.717) is 6.61 Å². The van der Waals surface area contributed by atoms with Crippen LogP contribution in [0.4, 0.5) is 0 Å². The first kappa shape index (κ1) is 22.1. The number of aliphatic hydroxyl groups is 1. The lowest BCUT2D eigenvalue weighted by molar-refractivity contribution is 0.282. The number of unbranched alkanes of at least 4 members (excludes halogenated alkanes) is 6. The van der Waals surface area contributed by atoms with Gasteiger partial charge < -0.3 is 14.2 Å². The predicted molar refractivity (Wildman–Crippen MR) is 78.6 cm³/mol. The van der Waals surface area contributed by atoms with E-state index in [1.54, 1.807) is 0 Å². The Balaban J connectivity index is 0. The lowest BCUT2D eigenvalue weighted by Gasteiger charge is -2.10. The molecule has 0 rings (SSSR count). The van der Waals surface area contributed by atoms with Gasteiger partial charge in [0.15, 0.2) is 0 Å². The summed E-state index contributed by atoms with van der Waals surface area (Å²) in [5.41, 5.74) is 0. The molecule has 0 bridgehead atoms. The van der Waals surface area contributed by atoms with Gasteiger partial charge in [0.25, 0.3) is 0 Å². The summed E-state index contributed by atoms with van der Waals surface area (Å²) in [6.07, 6.45) is 13.2. The molecule has 5 nitrogen and oxygen atoms in total. The van der Waals surface area contributed by atoms with Crippen molar-refractivity contribution in [1.82, 2.24) is 0 Å². The molecule has 1 N–H and O–H groups in total. The topological polar surface area (TPSA) is 100 Å². The van der Waals surface area contributed by atoms with Crippen LogP contribution in [0.25, 0.3) is 0 Å². The zero-order chi connectivity index (χ0) is 15.9. The molecule has 0 aromatic heterocycles. The van der Waals surface area contributed by atoms with Gasteiger partial charge in [-0.1, -0.05) is 71.6 Å². The van der Waals surface area contributed by atoms with Crippen LogP contribution in [0.2, 0.25) is 0 Å². The van der Waals surface area contributed by atoms with Gasteiger partial charge in [0.05, 0.1) is 0 Å². The van der Waals surface area contributed by atoms with E-state index in [1.807, 2.05) is 0 Å². The first-order valence-electron chi connectivity index (χ1n) is 7.58. The zero-order valence-electron chi connectivity index (χ0n) is 12.8. The van der Waals surface area contributed by atoms with Crippen molar-refractivity contribution in [2.75, 3.05) is 6.61 Å². The summed E-state index contributed by atoms with van der Waals surface area (Å²) in [6.45, 7) is 5.03. The van der Waals surface area contributed by atoms with Gasteiger partial charge in [-0.05, 0) is 12.3 Å². The zero-order valence-corrected chi connectivity index (χ0v) is 13.7. The highest BCUT2D eigenvalue weighted by Gasteiger charge is 2.01. The average Bonchev–Trinajstić information content (AvgIpc) is 2.32. The molecule has 0 aromatic rings. The minimum Gasteiger partial charge on any atom is -0.759 e. The van der Waals surface area contributed by atoms with Gasteiger partial charge in [-0.2, -0.15) is 0 Å². The lowest BCUT2D eigenvalue weighted by atomic mass is 9.96. The van der Waals surface area contributed by atoms with Crippen LogP contribution in [0.15, 0.2) is 0 Å². The average molecular weight is 310 g/mol. The van der Waals surface area contributed by atoms with Crippen molar-refractivity contribution in [1.29, 1.82) is 0 Å². The smallest absolute Gasteiger partial charge is 0.0431 e. The predicted octanol–water partition coefficient (Wildman–Crippen LogP) is 3.20. The summed E-state index contributed by atoms with van der Waals surface area (Å²) in [7, 11) is -5.17. The highest BCUT2D eigenvalue weighted by atomic mass is 32.3. The molecule has 0 spiro atoms. The molecular formula is C14H30O5S-2. The Labute approximate surface area is 124 Å². The van der Waals surface area contributed by atoms with Crippen LogP contribution in [0.1, 0.15) is 78.1 Å². The number of hydrogen-bond donors (Lipinski definition) is 1. The Morgan fingerprint density at radius 2 is 1.30 bits per heavy atom. The van der Waals surface area contributed by atoms with E-state index in [2.05, 4.69) is 13.8 Å². The molecule has 0 saturated carbocycles. The van der Waals surface area contributed by atoms with Crippen LogP contribution in [-0.2, 0) is 10.4 Å². The van der Waals surface area contributed by atoms with E-state index >= 15 is 0 Å². The lowest BCUT2D eigenvalue weighted by Crippen LogP contribution is -1.95. The largest absolute Gasteiger partial charge is 0.759 e. The fraction of sp³-hybridized carbons (Fsp3) is 1.00. The third-order valence-electron chi connectivity index (χ3n) is 3.16. The number of rotatable bonds is 11. The summed E-state index contributed by atoms with van der Waals surface area (Å²) >= 11 is 0. The van der Waals surface area contributed by atoms with Crippen LogP contribution < -0.4 is 0 Å². The maximum atomic E-state index is 8.63. The van der Waals surface area contributed by atoms with Crippen LogP contribution in [-0.4, -0.2) is 29.2 Å². The Bertz CT molecular complexity index is 269. The van der Waals surface area contributed by atoms with E-state index in [-0.39, 0.29) is 0 Å². The van der Waals surface area contributed by atoms with Gasteiger partial charge >= 0.3 is 0 Å². The molecule has 1 atom stereocenters. The maximum Gasteiger partial charge on any atom is 0.0431 e. The Hall–Kier alpha value is -0.170. The molecule has 0 amide bonds. The molecular weight excluding hydrogens is 280 g/mol. The third-order valence-corrected chi connectivity index (χ3v) is 3.16.